The monoisotopic (exact) mass is 330 g/mol. The molecule has 0 radical (unpaired) electrons. The Labute approximate surface area is 142 Å². The molecule has 23 heavy (non-hydrogen) atoms. The fraction of sp³-hybridized carbons (Fsp3) is 0.421. The largest absolute Gasteiger partial charge is 0.369 e. The predicted octanol–water partition coefficient (Wildman–Crippen LogP) is 4.17. The zero-order valence-electron chi connectivity index (χ0n) is 14.3. The van der Waals surface area contributed by atoms with Crippen LogP contribution >= 0.6 is 11.6 Å². The normalized spacial score (nSPS) is 22.2. The molecule has 0 saturated heterocycles. The molecule has 2 aromatic rings. The Morgan fingerprint density at radius 1 is 1.17 bits per heavy atom. The number of halogens is 1. The predicted molar refractivity (Wildman–Crippen MR) is 94.4 cm³/mol. The molecule has 3 nitrogen and oxygen atoms in total. The van der Waals surface area contributed by atoms with Gasteiger partial charge in [-0.05, 0) is 61.9 Å². The second-order valence-corrected chi connectivity index (χ2v) is 7.93. The van der Waals surface area contributed by atoms with E-state index >= 15 is 0 Å². The summed E-state index contributed by atoms with van der Waals surface area (Å²) in [5.74, 6) is -0.254. The van der Waals surface area contributed by atoms with Crippen LogP contribution in [0.4, 0.5) is 0 Å². The molecule has 1 unspecified atom stereocenters. The Balaban J connectivity index is 2.35. The fourth-order valence-corrected chi connectivity index (χ4v) is 4.80. The lowest BCUT2D eigenvalue weighted by Crippen LogP contribution is -2.38. The van der Waals surface area contributed by atoms with Gasteiger partial charge in [0.1, 0.15) is 0 Å². The van der Waals surface area contributed by atoms with Gasteiger partial charge in [0, 0.05) is 22.1 Å². The van der Waals surface area contributed by atoms with Gasteiger partial charge in [-0.3, -0.25) is 4.79 Å². The summed E-state index contributed by atoms with van der Waals surface area (Å²) < 4.78 is 2.19. The highest BCUT2D eigenvalue weighted by Gasteiger charge is 2.52. The van der Waals surface area contributed by atoms with Crippen LogP contribution in [0.2, 0.25) is 5.02 Å². The van der Waals surface area contributed by atoms with E-state index in [1.165, 1.54) is 5.56 Å². The Bertz CT molecular complexity index is 819. The Hall–Kier alpha value is -1.74. The lowest BCUT2D eigenvalue weighted by Gasteiger charge is -2.27. The number of nitrogens with zero attached hydrogens (tertiary/aromatic N) is 1. The van der Waals surface area contributed by atoms with Gasteiger partial charge in [0.25, 0.3) is 0 Å². The summed E-state index contributed by atoms with van der Waals surface area (Å²) in [5, 5.41) is 0.701. The molecule has 0 aliphatic heterocycles. The molecular weight excluding hydrogens is 308 g/mol. The van der Waals surface area contributed by atoms with Gasteiger partial charge in [0.2, 0.25) is 5.91 Å². The van der Waals surface area contributed by atoms with Crippen LogP contribution in [-0.2, 0) is 15.6 Å². The summed E-state index contributed by atoms with van der Waals surface area (Å²) >= 11 is 6.17. The van der Waals surface area contributed by atoms with Crippen molar-refractivity contribution >= 4 is 17.5 Å². The van der Waals surface area contributed by atoms with Gasteiger partial charge in [0.15, 0.2) is 0 Å². The van der Waals surface area contributed by atoms with E-state index in [2.05, 4.69) is 32.3 Å². The number of carbonyl (C=O) groups excluding carboxylic acids is 1. The summed E-state index contributed by atoms with van der Waals surface area (Å²) in [6.45, 7) is 10.5. The molecule has 122 valence electrons. The minimum absolute atomic E-state index is 0.0855. The lowest BCUT2D eigenvalue weighted by atomic mass is 9.79. The van der Waals surface area contributed by atoms with Crippen molar-refractivity contribution in [3.8, 4) is 5.69 Å². The molecule has 1 atom stereocenters. The fourth-order valence-electron chi connectivity index (χ4n) is 4.61. The van der Waals surface area contributed by atoms with Crippen molar-refractivity contribution in [2.75, 3.05) is 0 Å². The minimum atomic E-state index is -0.627. The first-order valence-electron chi connectivity index (χ1n) is 7.88. The van der Waals surface area contributed by atoms with Crippen LogP contribution in [0, 0.1) is 13.8 Å². The van der Waals surface area contributed by atoms with Crippen molar-refractivity contribution in [1.82, 2.24) is 4.57 Å². The molecule has 0 spiro atoms. The van der Waals surface area contributed by atoms with Gasteiger partial charge in [-0.1, -0.05) is 31.5 Å². The van der Waals surface area contributed by atoms with Gasteiger partial charge in [-0.2, -0.15) is 0 Å². The van der Waals surface area contributed by atoms with E-state index in [0.29, 0.717) is 5.02 Å². The number of rotatable bonds is 2. The van der Waals surface area contributed by atoms with E-state index in [1.54, 1.807) is 0 Å². The highest BCUT2D eigenvalue weighted by Crippen LogP contribution is 2.53. The average molecular weight is 331 g/mol. The number of carbonyl (C=O) groups is 1. The number of hydrogen-bond donors (Lipinski definition) is 1. The number of primary amides is 1. The van der Waals surface area contributed by atoms with Crippen molar-refractivity contribution in [2.45, 2.75) is 51.9 Å². The topological polar surface area (TPSA) is 48.0 Å². The number of fused-ring (bicyclic) bond motifs is 1. The van der Waals surface area contributed by atoms with Crippen LogP contribution in [0.5, 0.6) is 0 Å². The first-order chi connectivity index (χ1) is 10.6. The maximum Gasteiger partial charge on any atom is 0.227 e. The zero-order chi connectivity index (χ0) is 17.2. The van der Waals surface area contributed by atoms with Crippen LogP contribution in [0.1, 0.15) is 49.7 Å². The lowest BCUT2D eigenvalue weighted by molar-refractivity contribution is -0.123. The van der Waals surface area contributed by atoms with Crippen molar-refractivity contribution < 1.29 is 4.79 Å². The average Bonchev–Trinajstić information content (AvgIpc) is 2.82. The maximum absolute atomic E-state index is 12.2. The van der Waals surface area contributed by atoms with Gasteiger partial charge in [-0.15, -0.1) is 0 Å². The van der Waals surface area contributed by atoms with Gasteiger partial charge < -0.3 is 10.3 Å². The van der Waals surface area contributed by atoms with E-state index in [4.69, 9.17) is 17.3 Å². The Morgan fingerprint density at radius 2 is 1.78 bits per heavy atom. The number of benzene rings is 1. The molecular formula is C19H23ClN2O. The summed E-state index contributed by atoms with van der Waals surface area (Å²) in [7, 11) is 0. The molecule has 1 aromatic carbocycles. The van der Waals surface area contributed by atoms with Crippen molar-refractivity contribution in [2.24, 2.45) is 5.73 Å². The highest BCUT2D eigenvalue weighted by molar-refractivity contribution is 6.30. The Morgan fingerprint density at radius 3 is 2.35 bits per heavy atom. The third-order valence-corrected chi connectivity index (χ3v) is 5.51. The van der Waals surface area contributed by atoms with E-state index in [1.807, 2.05) is 31.2 Å². The smallest absolute Gasteiger partial charge is 0.227 e. The van der Waals surface area contributed by atoms with Crippen LogP contribution in [0.15, 0.2) is 24.3 Å². The maximum atomic E-state index is 12.2. The Kier molecular flexibility index (Phi) is 3.42. The summed E-state index contributed by atoms with van der Waals surface area (Å²) in [6, 6.07) is 7.80. The minimum Gasteiger partial charge on any atom is -0.369 e. The molecule has 0 bridgehead atoms. The zero-order valence-corrected chi connectivity index (χ0v) is 15.1. The second kappa shape index (κ2) is 4.88. The molecule has 0 fully saturated rings. The molecule has 1 aliphatic carbocycles. The SMILES string of the molecule is Cc1c2c(c(C)n1-c1cccc(Cl)c1)C(C)(C(N)=O)CC2(C)C. The van der Waals surface area contributed by atoms with Crippen LogP contribution in [0.3, 0.4) is 0 Å². The molecule has 1 aliphatic rings. The molecule has 4 heteroatoms. The van der Waals surface area contributed by atoms with Gasteiger partial charge >= 0.3 is 0 Å². The first kappa shape index (κ1) is 16.1. The third kappa shape index (κ3) is 2.13. The van der Waals surface area contributed by atoms with Crippen molar-refractivity contribution in [1.29, 1.82) is 0 Å². The quantitative estimate of drug-likeness (QED) is 0.882. The van der Waals surface area contributed by atoms with E-state index in [9.17, 15) is 4.79 Å². The van der Waals surface area contributed by atoms with Crippen LogP contribution in [-0.4, -0.2) is 10.5 Å². The molecule has 2 N–H and O–H groups in total. The molecule has 0 saturated carbocycles. The first-order valence-corrected chi connectivity index (χ1v) is 8.26. The van der Waals surface area contributed by atoms with E-state index < -0.39 is 5.41 Å². The van der Waals surface area contributed by atoms with Gasteiger partial charge in [0.05, 0.1) is 5.41 Å². The third-order valence-electron chi connectivity index (χ3n) is 5.28. The summed E-state index contributed by atoms with van der Waals surface area (Å²) in [6.07, 6.45) is 0.748. The molecule has 1 amide bonds. The molecule has 1 aromatic heterocycles. The summed E-state index contributed by atoms with van der Waals surface area (Å²) in [4.78, 5) is 12.2. The second-order valence-electron chi connectivity index (χ2n) is 7.49. The highest BCUT2D eigenvalue weighted by atomic mass is 35.5. The van der Waals surface area contributed by atoms with Crippen LogP contribution in [0.25, 0.3) is 5.69 Å². The van der Waals surface area contributed by atoms with Crippen molar-refractivity contribution in [3.05, 3.63) is 51.8 Å². The van der Waals surface area contributed by atoms with E-state index in [-0.39, 0.29) is 11.3 Å². The molecule has 1 heterocycles. The summed E-state index contributed by atoms with van der Waals surface area (Å²) in [5.41, 5.74) is 10.7. The number of amides is 1. The molecule has 3 rings (SSSR count). The van der Waals surface area contributed by atoms with Crippen LogP contribution < -0.4 is 5.73 Å². The standard InChI is InChI=1S/C19H23ClN2O/c1-11-15-16(19(5,17(21)23)10-18(15,3)4)12(2)22(11)14-8-6-7-13(20)9-14/h6-9H,10H2,1-5H3,(H2,21,23). The van der Waals surface area contributed by atoms with E-state index in [0.717, 1.165) is 29.1 Å². The number of hydrogen-bond acceptors (Lipinski definition) is 1. The van der Waals surface area contributed by atoms with Gasteiger partial charge in [-0.25, -0.2) is 0 Å². The van der Waals surface area contributed by atoms with Crippen molar-refractivity contribution in [3.63, 3.8) is 0 Å². The number of aromatic nitrogens is 1. The number of nitrogens with two attached hydrogens (primary N) is 1.